The summed E-state index contributed by atoms with van der Waals surface area (Å²) >= 11 is 5.42. The van der Waals surface area contributed by atoms with Crippen LogP contribution < -0.4 is 4.74 Å². The predicted octanol–water partition coefficient (Wildman–Crippen LogP) is 3.48. The monoisotopic (exact) mass is 278 g/mol. The van der Waals surface area contributed by atoms with E-state index in [4.69, 9.17) is 11.6 Å². The number of halogens is 5. The van der Waals surface area contributed by atoms with Gasteiger partial charge in [0.05, 0.1) is 0 Å². The number of aromatic nitrogens is 2. The van der Waals surface area contributed by atoms with Crippen molar-refractivity contribution < 1.29 is 22.3 Å². The van der Waals surface area contributed by atoms with Crippen molar-refractivity contribution in [2.45, 2.75) is 0 Å². The van der Waals surface area contributed by atoms with E-state index < -0.39 is 29.0 Å². The number of benzene rings is 1. The lowest BCUT2D eigenvalue weighted by Gasteiger charge is -2.07. The second-order valence-corrected chi connectivity index (χ2v) is 3.40. The fourth-order valence-electron chi connectivity index (χ4n) is 1.12. The van der Waals surface area contributed by atoms with Crippen LogP contribution in [0.3, 0.4) is 0 Å². The van der Waals surface area contributed by atoms with Gasteiger partial charge < -0.3 is 4.74 Å². The molecular formula is C10H3ClF4N2O. The summed E-state index contributed by atoms with van der Waals surface area (Å²) in [5, 5.41) is -0.245. The van der Waals surface area contributed by atoms with Crippen LogP contribution in [0.25, 0.3) is 0 Å². The zero-order chi connectivity index (χ0) is 13.3. The number of nitrogens with zero attached hydrogens (tertiary/aromatic N) is 2. The van der Waals surface area contributed by atoms with Gasteiger partial charge in [-0.15, -0.1) is 0 Å². The Morgan fingerprint density at radius 3 is 2.22 bits per heavy atom. The largest absolute Gasteiger partial charge is 0.432 e. The maximum atomic E-state index is 13.2. The van der Waals surface area contributed by atoms with Crippen molar-refractivity contribution in [1.82, 2.24) is 9.97 Å². The average molecular weight is 279 g/mol. The van der Waals surface area contributed by atoms with Crippen LogP contribution in [-0.4, -0.2) is 9.97 Å². The minimum Gasteiger partial charge on any atom is -0.432 e. The molecule has 1 aromatic carbocycles. The van der Waals surface area contributed by atoms with Gasteiger partial charge in [-0.25, -0.2) is 13.8 Å². The zero-order valence-electron chi connectivity index (χ0n) is 8.42. The summed E-state index contributed by atoms with van der Waals surface area (Å²) in [6.07, 6.45) is 1.15. The Hall–Kier alpha value is -1.89. The van der Waals surface area contributed by atoms with Gasteiger partial charge in [-0.2, -0.15) is 13.8 Å². The van der Waals surface area contributed by atoms with Crippen molar-refractivity contribution in [3.05, 3.63) is 46.9 Å². The van der Waals surface area contributed by atoms with Gasteiger partial charge in [0.15, 0.2) is 11.6 Å². The van der Waals surface area contributed by atoms with E-state index in [0.29, 0.717) is 0 Å². The summed E-state index contributed by atoms with van der Waals surface area (Å²) in [6, 6.07) is 1.19. The van der Waals surface area contributed by atoms with E-state index in [9.17, 15) is 17.6 Å². The third kappa shape index (κ3) is 2.35. The van der Waals surface area contributed by atoms with Gasteiger partial charge >= 0.3 is 0 Å². The molecule has 8 heteroatoms. The number of rotatable bonds is 2. The maximum Gasteiger partial charge on any atom is 0.225 e. The third-order valence-electron chi connectivity index (χ3n) is 1.88. The first-order chi connectivity index (χ1) is 8.49. The minimum absolute atomic E-state index is 0.0739. The van der Waals surface area contributed by atoms with Crippen molar-refractivity contribution in [3.8, 4) is 11.6 Å². The molecule has 0 N–H and O–H groups in total. The number of ether oxygens (including phenoxy) is 1. The van der Waals surface area contributed by atoms with E-state index >= 15 is 0 Å². The highest BCUT2D eigenvalue weighted by atomic mass is 35.5. The van der Waals surface area contributed by atoms with Crippen molar-refractivity contribution in [3.63, 3.8) is 0 Å². The minimum atomic E-state index is -1.66. The van der Waals surface area contributed by atoms with E-state index in [1.807, 2.05) is 0 Å². The lowest BCUT2D eigenvalue weighted by molar-refractivity contribution is 0.358. The van der Waals surface area contributed by atoms with Gasteiger partial charge in [-0.1, -0.05) is 0 Å². The third-order valence-corrected chi connectivity index (χ3v) is 2.06. The Kier molecular flexibility index (Phi) is 3.33. The van der Waals surface area contributed by atoms with Gasteiger partial charge in [0.1, 0.15) is 0 Å². The molecule has 18 heavy (non-hydrogen) atoms. The summed E-state index contributed by atoms with van der Waals surface area (Å²) < 4.78 is 56.9. The molecular weight excluding hydrogens is 276 g/mol. The molecule has 0 amide bonds. The normalized spacial score (nSPS) is 10.5. The van der Waals surface area contributed by atoms with Crippen LogP contribution >= 0.6 is 11.6 Å². The molecule has 0 aliphatic heterocycles. The Balaban J connectivity index is 2.46. The van der Waals surface area contributed by atoms with Gasteiger partial charge in [0.2, 0.25) is 28.5 Å². The number of hydrogen-bond acceptors (Lipinski definition) is 3. The second-order valence-electron chi connectivity index (χ2n) is 3.06. The molecule has 0 saturated carbocycles. The standard InChI is InChI=1S/C10H3ClF4N2O/c11-10-16-2-1-6(17-10)18-9-7(14)4(12)3-5(13)8(9)15/h1-3H. The molecule has 0 unspecified atom stereocenters. The van der Waals surface area contributed by atoms with Crippen LogP contribution in [0.4, 0.5) is 17.6 Å². The Morgan fingerprint density at radius 2 is 1.67 bits per heavy atom. The number of hydrogen-bond donors (Lipinski definition) is 0. The Bertz CT molecular complexity index is 582. The maximum absolute atomic E-state index is 13.2. The molecule has 94 valence electrons. The molecule has 1 aromatic heterocycles. The first-order valence-electron chi connectivity index (χ1n) is 4.48. The van der Waals surface area contributed by atoms with Crippen LogP contribution in [-0.2, 0) is 0 Å². The summed E-state index contributed by atoms with van der Waals surface area (Å²) in [6.45, 7) is 0. The van der Waals surface area contributed by atoms with Gasteiger partial charge in [-0.05, 0) is 11.6 Å². The fraction of sp³-hybridized carbons (Fsp3) is 0. The summed E-state index contributed by atoms with van der Waals surface area (Å²) in [5.41, 5.74) is 0. The van der Waals surface area contributed by atoms with Crippen LogP contribution in [0.1, 0.15) is 0 Å². The van der Waals surface area contributed by atoms with Crippen molar-refractivity contribution in [2.75, 3.05) is 0 Å². The van der Waals surface area contributed by atoms with Crippen molar-refractivity contribution in [2.24, 2.45) is 0 Å². The fourth-order valence-corrected chi connectivity index (χ4v) is 1.26. The smallest absolute Gasteiger partial charge is 0.225 e. The van der Waals surface area contributed by atoms with Crippen LogP contribution in [0.15, 0.2) is 18.3 Å². The highest BCUT2D eigenvalue weighted by Crippen LogP contribution is 2.30. The molecule has 2 aromatic rings. The zero-order valence-corrected chi connectivity index (χ0v) is 9.18. The van der Waals surface area contributed by atoms with Crippen molar-refractivity contribution in [1.29, 1.82) is 0 Å². The molecule has 0 spiro atoms. The summed E-state index contributed by atoms with van der Waals surface area (Å²) in [5.74, 6) is -8.07. The van der Waals surface area contributed by atoms with Gasteiger partial charge in [-0.3, -0.25) is 0 Å². The lowest BCUT2D eigenvalue weighted by Crippen LogP contribution is -2.00. The topological polar surface area (TPSA) is 35.0 Å². The van der Waals surface area contributed by atoms with Gasteiger partial charge in [0.25, 0.3) is 0 Å². The predicted molar refractivity (Wildman–Crippen MR) is 53.4 cm³/mol. The molecule has 0 bridgehead atoms. The molecule has 0 fully saturated rings. The molecule has 0 radical (unpaired) electrons. The molecule has 0 atom stereocenters. The SMILES string of the molecule is Fc1cc(F)c(F)c(Oc2ccnc(Cl)n2)c1F. The van der Waals surface area contributed by atoms with E-state index in [1.165, 1.54) is 0 Å². The first kappa shape index (κ1) is 12.6. The molecule has 3 nitrogen and oxygen atoms in total. The highest BCUT2D eigenvalue weighted by molar-refractivity contribution is 6.28. The van der Waals surface area contributed by atoms with Crippen LogP contribution in [0.5, 0.6) is 11.6 Å². The Labute approximate surface area is 103 Å². The average Bonchev–Trinajstić information content (AvgIpc) is 2.32. The molecule has 1 heterocycles. The van der Waals surface area contributed by atoms with Crippen molar-refractivity contribution >= 4 is 11.6 Å². The molecule has 0 aliphatic carbocycles. The molecule has 0 aliphatic rings. The van der Waals surface area contributed by atoms with E-state index in [2.05, 4.69) is 14.7 Å². The van der Waals surface area contributed by atoms with Gasteiger partial charge in [0, 0.05) is 18.3 Å². The van der Waals surface area contributed by atoms with Crippen LogP contribution in [0.2, 0.25) is 5.28 Å². The summed E-state index contributed by atoms with van der Waals surface area (Å²) in [7, 11) is 0. The lowest BCUT2D eigenvalue weighted by atomic mass is 10.3. The first-order valence-corrected chi connectivity index (χ1v) is 4.86. The summed E-state index contributed by atoms with van der Waals surface area (Å²) in [4.78, 5) is 6.96. The van der Waals surface area contributed by atoms with E-state index in [0.717, 1.165) is 12.3 Å². The van der Waals surface area contributed by atoms with Crippen LogP contribution in [0, 0.1) is 23.3 Å². The van der Waals surface area contributed by atoms with E-state index in [-0.39, 0.29) is 17.2 Å². The second kappa shape index (κ2) is 4.77. The quantitative estimate of drug-likeness (QED) is 0.479. The Morgan fingerprint density at radius 1 is 1.06 bits per heavy atom. The molecule has 0 saturated heterocycles. The highest BCUT2D eigenvalue weighted by Gasteiger charge is 2.21. The van der Waals surface area contributed by atoms with E-state index in [1.54, 1.807) is 0 Å². The molecule has 2 rings (SSSR count).